The Kier molecular flexibility index (Phi) is 3.22. The number of ketones is 2. The van der Waals surface area contributed by atoms with Crippen LogP contribution >= 0.6 is 11.8 Å². The molecular formula is C17H14O2S. The lowest BCUT2D eigenvalue weighted by Crippen LogP contribution is -2.18. The van der Waals surface area contributed by atoms with Gasteiger partial charge in [-0.3, -0.25) is 9.59 Å². The minimum atomic E-state index is -0.331. The highest BCUT2D eigenvalue weighted by Gasteiger charge is 2.32. The smallest absolute Gasteiger partial charge is 0.160 e. The minimum absolute atomic E-state index is 0.00748. The van der Waals surface area contributed by atoms with Gasteiger partial charge in [-0.15, -0.1) is 0 Å². The van der Waals surface area contributed by atoms with E-state index in [9.17, 15) is 9.59 Å². The second kappa shape index (κ2) is 4.91. The molecule has 0 saturated carbocycles. The number of carbonyl (C=O) groups excluding carboxylic acids is 2. The van der Waals surface area contributed by atoms with Gasteiger partial charge in [0, 0.05) is 15.4 Å². The van der Waals surface area contributed by atoms with Crippen molar-refractivity contribution in [1.29, 1.82) is 0 Å². The number of Topliss-reactive ketones (excluding diaryl/α,β-unsaturated/α-hetero) is 2. The SMILES string of the molecule is CC(=O)c1cccc2c1C(C(C)=O)c1ccccc1S2. The maximum atomic E-state index is 12.2. The lowest BCUT2D eigenvalue weighted by atomic mass is 9.84. The number of benzene rings is 2. The van der Waals surface area contributed by atoms with Crippen molar-refractivity contribution in [1.82, 2.24) is 0 Å². The predicted molar refractivity (Wildman–Crippen MR) is 79.5 cm³/mol. The fourth-order valence-corrected chi connectivity index (χ4v) is 3.92. The van der Waals surface area contributed by atoms with E-state index in [0.29, 0.717) is 5.56 Å². The molecule has 0 amide bonds. The van der Waals surface area contributed by atoms with E-state index in [1.54, 1.807) is 25.6 Å². The summed E-state index contributed by atoms with van der Waals surface area (Å²) in [6.07, 6.45) is 0. The van der Waals surface area contributed by atoms with Gasteiger partial charge in [-0.25, -0.2) is 0 Å². The molecule has 2 nitrogen and oxygen atoms in total. The van der Waals surface area contributed by atoms with Gasteiger partial charge in [0.2, 0.25) is 0 Å². The number of carbonyl (C=O) groups is 2. The van der Waals surface area contributed by atoms with E-state index in [0.717, 1.165) is 20.9 Å². The zero-order valence-electron chi connectivity index (χ0n) is 11.3. The van der Waals surface area contributed by atoms with Gasteiger partial charge in [0.1, 0.15) is 5.78 Å². The quantitative estimate of drug-likeness (QED) is 0.778. The van der Waals surface area contributed by atoms with Crippen molar-refractivity contribution in [2.75, 3.05) is 0 Å². The Labute approximate surface area is 122 Å². The largest absolute Gasteiger partial charge is 0.299 e. The summed E-state index contributed by atoms with van der Waals surface area (Å²) in [5, 5.41) is 0. The van der Waals surface area contributed by atoms with E-state index in [1.165, 1.54) is 0 Å². The molecule has 1 aliphatic heterocycles. The molecule has 1 aliphatic rings. The molecule has 0 saturated heterocycles. The number of rotatable bonds is 2. The van der Waals surface area contributed by atoms with Crippen LogP contribution in [0.15, 0.2) is 52.3 Å². The molecule has 1 unspecified atom stereocenters. The van der Waals surface area contributed by atoms with E-state index in [-0.39, 0.29) is 17.5 Å². The molecule has 0 spiro atoms. The van der Waals surface area contributed by atoms with Gasteiger partial charge in [-0.2, -0.15) is 0 Å². The van der Waals surface area contributed by atoms with Gasteiger partial charge in [0.05, 0.1) is 5.92 Å². The normalized spacial score (nSPS) is 16.2. The zero-order chi connectivity index (χ0) is 14.3. The van der Waals surface area contributed by atoms with Crippen molar-refractivity contribution in [3.63, 3.8) is 0 Å². The van der Waals surface area contributed by atoms with Crippen molar-refractivity contribution in [2.24, 2.45) is 0 Å². The van der Waals surface area contributed by atoms with Crippen molar-refractivity contribution in [2.45, 2.75) is 29.6 Å². The fourth-order valence-electron chi connectivity index (χ4n) is 2.75. The minimum Gasteiger partial charge on any atom is -0.299 e. The van der Waals surface area contributed by atoms with Crippen LogP contribution in [0.3, 0.4) is 0 Å². The third-order valence-corrected chi connectivity index (χ3v) is 4.76. The predicted octanol–water partition coefficient (Wildman–Crippen LogP) is 4.07. The lowest BCUT2D eigenvalue weighted by Gasteiger charge is -2.27. The monoisotopic (exact) mass is 282 g/mol. The van der Waals surface area contributed by atoms with Crippen LogP contribution in [0.5, 0.6) is 0 Å². The Morgan fingerprint density at radius 2 is 1.65 bits per heavy atom. The number of fused-ring (bicyclic) bond motifs is 2. The maximum Gasteiger partial charge on any atom is 0.160 e. The van der Waals surface area contributed by atoms with Crippen LogP contribution in [0, 0.1) is 0 Å². The first-order chi connectivity index (χ1) is 9.59. The van der Waals surface area contributed by atoms with Gasteiger partial charge in [-0.05, 0) is 37.1 Å². The van der Waals surface area contributed by atoms with Gasteiger partial charge < -0.3 is 0 Å². The van der Waals surface area contributed by atoms with E-state index in [1.807, 2.05) is 42.5 Å². The average molecular weight is 282 g/mol. The van der Waals surface area contributed by atoms with Crippen LogP contribution in [0.2, 0.25) is 0 Å². The highest BCUT2D eigenvalue weighted by molar-refractivity contribution is 7.99. The molecule has 20 heavy (non-hydrogen) atoms. The third-order valence-electron chi connectivity index (χ3n) is 3.59. The Bertz CT molecular complexity index is 719. The molecule has 2 aromatic rings. The summed E-state index contributed by atoms with van der Waals surface area (Å²) in [5.41, 5.74) is 2.53. The van der Waals surface area contributed by atoms with Gasteiger partial charge in [0.15, 0.2) is 5.78 Å². The van der Waals surface area contributed by atoms with Gasteiger partial charge >= 0.3 is 0 Å². The van der Waals surface area contributed by atoms with Crippen LogP contribution in [0.25, 0.3) is 0 Å². The summed E-state index contributed by atoms with van der Waals surface area (Å²) in [4.78, 5) is 26.2. The van der Waals surface area contributed by atoms with E-state index in [4.69, 9.17) is 0 Å². The molecule has 0 radical (unpaired) electrons. The van der Waals surface area contributed by atoms with Crippen molar-refractivity contribution in [3.05, 3.63) is 59.2 Å². The van der Waals surface area contributed by atoms with E-state index < -0.39 is 0 Å². The molecule has 2 aromatic carbocycles. The number of hydrogen-bond donors (Lipinski definition) is 0. The molecule has 0 fully saturated rings. The first-order valence-electron chi connectivity index (χ1n) is 6.50. The van der Waals surface area contributed by atoms with Crippen LogP contribution in [0.4, 0.5) is 0 Å². The van der Waals surface area contributed by atoms with Gasteiger partial charge in [-0.1, -0.05) is 42.1 Å². The van der Waals surface area contributed by atoms with E-state index in [2.05, 4.69) is 0 Å². The first-order valence-corrected chi connectivity index (χ1v) is 7.32. The van der Waals surface area contributed by atoms with Crippen molar-refractivity contribution < 1.29 is 9.59 Å². The summed E-state index contributed by atoms with van der Waals surface area (Å²) in [6.45, 7) is 3.15. The zero-order valence-corrected chi connectivity index (χ0v) is 12.2. The van der Waals surface area contributed by atoms with Crippen LogP contribution in [-0.4, -0.2) is 11.6 Å². The molecule has 1 heterocycles. The van der Waals surface area contributed by atoms with Crippen LogP contribution in [0.1, 0.15) is 41.3 Å². The Morgan fingerprint density at radius 1 is 0.950 bits per heavy atom. The maximum absolute atomic E-state index is 12.2. The van der Waals surface area contributed by atoms with Crippen LogP contribution in [-0.2, 0) is 4.79 Å². The van der Waals surface area contributed by atoms with Crippen LogP contribution < -0.4 is 0 Å². The summed E-state index contributed by atoms with van der Waals surface area (Å²) < 4.78 is 0. The lowest BCUT2D eigenvalue weighted by molar-refractivity contribution is -0.117. The standard InChI is InChI=1S/C17H14O2S/c1-10(18)12-7-5-9-15-17(12)16(11(2)19)13-6-3-4-8-14(13)20-15/h3-9,16H,1-2H3. The number of hydrogen-bond acceptors (Lipinski definition) is 3. The fraction of sp³-hybridized carbons (Fsp3) is 0.176. The second-order valence-corrected chi connectivity index (χ2v) is 6.04. The second-order valence-electron chi connectivity index (χ2n) is 4.96. The molecule has 0 bridgehead atoms. The molecular weight excluding hydrogens is 268 g/mol. The Morgan fingerprint density at radius 3 is 2.35 bits per heavy atom. The van der Waals surface area contributed by atoms with Crippen molar-refractivity contribution >= 4 is 23.3 Å². The summed E-state index contributed by atoms with van der Waals surface area (Å²) in [5.74, 6) is -0.247. The first kappa shape index (κ1) is 13.1. The van der Waals surface area contributed by atoms with Gasteiger partial charge in [0.25, 0.3) is 0 Å². The third kappa shape index (κ3) is 1.98. The molecule has 3 heteroatoms. The summed E-state index contributed by atoms with van der Waals surface area (Å²) >= 11 is 1.63. The Hall–Kier alpha value is -1.87. The van der Waals surface area contributed by atoms with E-state index >= 15 is 0 Å². The summed E-state index contributed by atoms with van der Waals surface area (Å²) in [6, 6.07) is 13.6. The highest BCUT2D eigenvalue weighted by Crippen LogP contribution is 2.47. The molecule has 0 N–H and O–H groups in total. The van der Waals surface area contributed by atoms with Crippen molar-refractivity contribution in [3.8, 4) is 0 Å². The molecule has 100 valence electrons. The molecule has 0 aromatic heterocycles. The molecule has 0 aliphatic carbocycles. The Balaban J connectivity index is 2.30. The molecule has 3 rings (SSSR count). The average Bonchev–Trinajstić information content (AvgIpc) is 2.43. The topological polar surface area (TPSA) is 34.1 Å². The summed E-state index contributed by atoms with van der Waals surface area (Å²) in [7, 11) is 0. The molecule has 1 atom stereocenters. The highest BCUT2D eigenvalue weighted by atomic mass is 32.2.